The highest BCUT2D eigenvalue weighted by Crippen LogP contribution is 2.38. The van der Waals surface area contributed by atoms with Crippen LogP contribution in [0.4, 0.5) is 10.5 Å². The molecule has 0 saturated carbocycles. The minimum atomic E-state index is -1.39. The molecule has 0 bridgehead atoms. The first-order chi connectivity index (χ1) is 15.0. The summed E-state index contributed by atoms with van der Waals surface area (Å²) in [4.78, 5) is 38.9. The van der Waals surface area contributed by atoms with Crippen molar-refractivity contribution >= 4 is 23.4 Å². The summed E-state index contributed by atoms with van der Waals surface area (Å²) < 4.78 is 0. The molecule has 2 unspecified atom stereocenters. The van der Waals surface area contributed by atoms with E-state index in [1.165, 1.54) is 18.2 Å². The number of carboxylic acids is 1. The van der Waals surface area contributed by atoms with Crippen molar-refractivity contribution in [2.24, 2.45) is 4.99 Å². The fourth-order valence-electron chi connectivity index (χ4n) is 3.80. The van der Waals surface area contributed by atoms with Crippen LogP contribution in [0, 0.1) is 10.1 Å². The third-order valence-electron chi connectivity index (χ3n) is 5.17. The minimum absolute atomic E-state index is 0.413. The van der Waals surface area contributed by atoms with Crippen molar-refractivity contribution in [2.75, 3.05) is 0 Å². The summed E-state index contributed by atoms with van der Waals surface area (Å²) in [6, 6.07) is 21.3. The number of nitrogens with zero attached hydrogens (tertiary/aromatic N) is 2. The highest BCUT2D eigenvalue weighted by Gasteiger charge is 2.36. The number of nitrogens with one attached hydrogen (secondary N) is 1. The fraction of sp³-hybridized carbons (Fsp3) is 0.0870. The van der Waals surface area contributed by atoms with Crippen molar-refractivity contribution in [3.63, 3.8) is 0 Å². The molecule has 8 nitrogen and oxygen atoms in total. The first kappa shape index (κ1) is 20.0. The lowest BCUT2D eigenvalue weighted by molar-refractivity contribution is -0.385. The van der Waals surface area contributed by atoms with Crippen LogP contribution in [0.2, 0.25) is 0 Å². The first-order valence-electron chi connectivity index (χ1n) is 9.47. The topological polar surface area (TPSA) is 122 Å². The van der Waals surface area contributed by atoms with E-state index in [0.717, 1.165) is 11.1 Å². The molecule has 8 heteroatoms. The number of carboxylic acid groups (broad SMARTS) is 1. The van der Waals surface area contributed by atoms with Gasteiger partial charge in [-0.1, -0.05) is 66.7 Å². The predicted molar refractivity (Wildman–Crippen MR) is 113 cm³/mol. The molecule has 0 aromatic heterocycles. The summed E-state index contributed by atoms with van der Waals surface area (Å²) >= 11 is 0. The molecule has 0 spiro atoms. The number of benzene rings is 3. The van der Waals surface area contributed by atoms with Crippen LogP contribution in [-0.2, 0) is 0 Å². The van der Waals surface area contributed by atoms with Crippen molar-refractivity contribution in [3.05, 3.63) is 111 Å². The lowest BCUT2D eigenvalue weighted by Gasteiger charge is -2.33. The van der Waals surface area contributed by atoms with Gasteiger partial charge in [-0.2, -0.15) is 4.99 Å². The molecule has 31 heavy (non-hydrogen) atoms. The number of carbonyl (C=O) groups is 2. The lowest BCUT2D eigenvalue weighted by atomic mass is 9.80. The number of nitro groups is 1. The maximum absolute atomic E-state index is 12.5. The maximum atomic E-state index is 12.5. The molecule has 1 heterocycles. The van der Waals surface area contributed by atoms with Gasteiger partial charge in [0.05, 0.1) is 22.6 Å². The van der Waals surface area contributed by atoms with Crippen LogP contribution in [0.15, 0.2) is 83.9 Å². The van der Waals surface area contributed by atoms with Gasteiger partial charge in [-0.05, 0) is 22.8 Å². The Morgan fingerprint density at radius 3 is 2.23 bits per heavy atom. The highest BCUT2D eigenvalue weighted by molar-refractivity contribution is 6.12. The monoisotopic (exact) mass is 415 g/mol. The summed E-state index contributed by atoms with van der Waals surface area (Å²) in [6.07, 6.45) is 0. The van der Waals surface area contributed by atoms with Crippen molar-refractivity contribution in [2.45, 2.75) is 12.0 Å². The number of amides is 2. The molecule has 0 radical (unpaired) electrons. The Balaban J connectivity index is 1.89. The van der Waals surface area contributed by atoms with Crippen LogP contribution in [-0.4, -0.2) is 27.7 Å². The van der Waals surface area contributed by atoms with Gasteiger partial charge < -0.3 is 10.4 Å². The van der Waals surface area contributed by atoms with Gasteiger partial charge in [0.15, 0.2) is 0 Å². The Morgan fingerprint density at radius 2 is 1.61 bits per heavy atom. The van der Waals surface area contributed by atoms with Gasteiger partial charge in [-0.25, -0.2) is 9.59 Å². The lowest BCUT2D eigenvalue weighted by Crippen LogP contribution is -2.40. The van der Waals surface area contributed by atoms with Gasteiger partial charge in [-0.3, -0.25) is 10.1 Å². The normalized spacial score (nSPS) is 18.1. The Kier molecular flexibility index (Phi) is 5.28. The number of rotatable bonds is 5. The smallest absolute Gasteiger partial charge is 0.342 e. The van der Waals surface area contributed by atoms with Gasteiger partial charge in [0.1, 0.15) is 5.56 Å². The molecule has 2 atom stereocenters. The van der Waals surface area contributed by atoms with E-state index >= 15 is 0 Å². The van der Waals surface area contributed by atoms with Crippen LogP contribution >= 0.6 is 0 Å². The third kappa shape index (κ3) is 3.91. The van der Waals surface area contributed by atoms with Crippen LogP contribution in [0.3, 0.4) is 0 Å². The van der Waals surface area contributed by atoms with Crippen molar-refractivity contribution < 1.29 is 19.6 Å². The molecule has 0 aliphatic carbocycles. The van der Waals surface area contributed by atoms with E-state index in [1.807, 2.05) is 60.7 Å². The number of aliphatic imine (C=N–C) groups is 1. The van der Waals surface area contributed by atoms with E-state index < -0.39 is 40.1 Å². The summed E-state index contributed by atoms with van der Waals surface area (Å²) in [6.45, 7) is 0. The third-order valence-corrected chi connectivity index (χ3v) is 5.17. The average molecular weight is 415 g/mol. The van der Waals surface area contributed by atoms with Crippen molar-refractivity contribution in [3.8, 4) is 0 Å². The van der Waals surface area contributed by atoms with Crippen LogP contribution < -0.4 is 5.32 Å². The minimum Gasteiger partial charge on any atom is -0.477 e. The molecule has 3 aromatic rings. The summed E-state index contributed by atoms with van der Waals surface area (Å²) in [5.74, 6) is -1.83. The Labute approximate surface area is 177 Å². The Morgan fingerprint density at radius 1 is 0.968 bits per heavy atom. The van der Waals surface area contributed by atoms with E-state index in [1.54, 1.807) is 0 Å². The zero-order valence-electron chi connectivity index (χ0n) is 16.1. The summed E-state index contributed by atoms with van der Waals surface area (Å²) in [5.41, 5.74) is 1.62. The SMILES string of the molecule is O=C1N=C(c2ccccc2)C(c2ccccc2)C(c2ccc(C(=O)O)c([N+](=O)[O-])c2)N1. The standard InChI is InChI=1S/C23H17N3O5/c27-22(28)17-12-11-16(13-18(17)26(30)31)21-19(14-7-3-1-4-8-14)20(24-23(29)25-21)15-9-5-2-6-10-15/h1-13,19,21H,(H,25,29)(H,27,28). The number of hydrogen-bond acceptors (Lipinski definition) is 4. The largest absolute Gasteiger partial charge is 0.477 e. The molecule has 2 amide bonds. The van der Waals surface area contributed by atoms with E-state index in [4.69, 9.17) is 0 Å². The molecule has 4 rings (SSSR count). The van der Waals surface area contributed by atoms with E-state index in [2.05, 4.69) is 10.3 Å². The number of nitro benzene ring substituents is 1. The van der Waals surface area contributed by atoms with E-state index in [0.29, 0.717) is 11.3 Å². The van der Waals surface area contributed by atoms with E-state index in [-0.39, 0.29) is 0 Å². The molecule has 0 saturated heterocycles. The van der Waals surface area contributed by atoms with E-state index in [9.17, 15) is 24.8 Å². The molecule has 154 valence electrons. The highest BCUT2D eigenvalue weighted by atomic mass is 16.6. The second-order valence-electron chi connectivity index (χ2n) is 7.02. The van der Waals surface area contributed by atoms with Gasteiger partial charge in [0.25, 0.3) is 5.69 Å². The molecular weight excluding hydrogens is 398 g/mol. The molecule has 2 N–H and O–H groups in total. The first-order valence-corrected chi connectivity index (χ1v) is 9.47. The van der Waals surface area contributed by atoms with Gasteiger partial charge >= 0.3 is 12.0 Å². The summed E-state index contributed by atoms with van der Waals surface area (Å²) in [7, 11) is 0. The van der Waals surface area contributed by atoms with Crippen LogP contribution in [0.1, 0.15) is 39.0 Å². The Bertz CT molecular complexity index is 1190. The number of hydrogen-bond donors (Lipinski definition) is 2. The quantitative estimate of drug-likeness (QED) is 0.474. The number of urea groups is 1. The molecule has 1 aliphatic heterocycles. The molecule has 1 aliphatic rings. The molecule has 0 fully saturated rings. The zero-order valence-corrected chi connectivity index (χ0v) is 16.1. The zero-order chi connectivity index (χ0) is 22.0. The van der Waals surface area contributed by atoms with Crippen molar-refractivity contribution in [1.82, 2.24) is 5.32 Å². The molecular formula is C23H17N3O5. The van der Waals surface area contributed by atoms with Gasteiger partial charge in [0, 0.05) is 6.07 Å². The van der Waals surface area contributed by atoms with Gasteiger partial charge in [0.2, 0.25) is 0 Å². The number of aromatic carboxylic acids is 1. The maximum Gasteiger partial charge on any atom is 0.342 e. The molecule has 3 aromatic carbocycles. The number of carbonyl (C=O) groups excluding carboxylic acids is 1. The van der Waals surface area contributed by atoms with Crippen molar-refractivity contribution in [1.29, 1.82) is 0 Å². The van der Waals surface area contributed by atoms with Gasteiger partial charge in [-0.15, -0.1) is 0 Å². The average Bonchev–Trinajstić information content (AvgIpc) is 2.79. The summed E-state index contributed by atoms with van der Waals surface area (Å²) in [5, 5.41) is 23.6. The predicted octanol–water partition coefficient (Wildman–Crippen LogP) is 4.33. The van der Waals surface area contributed by atoms with Crippen LogP contribution in [0.5, 0.6) is 0 Å². The second kappa shape index (κ2) is 8.19. The van der Waals surface area contributed by atoms with Crippen LogP contribution in [0.25, 0.3) is 0 Å². The fourth-order valence-corrected chi connectivity index (χ4v) is 3.80. The second-order valence-corrected chi connectivity index (χ2v) is 7.02. The Hall–Kier alpha value is -4.33.